The Bertz CT molecular complexity index is 64.9. The molecular formula is C10H26N2. The van der Waals surface area contributed by atoms with Gasteiger partial charge in [-0.25, -0.2) is 0 Å². The first-order valence-electron chi connectivity index (χ1n) is 5.27. The van der Waals surface area contributed by atoms with Gasteiger partial charge in [-0.3, -0.25) is 0 Å². The highest BCUT2D eigenvalue weighted by Gasteiger charge is 1.97. The second-order valence-corrected chi connectivity index (χ2v) is 2.58. The van der Waals surface area contributed by atoms with Gasteiger partial charge in [-0.1, -0.05) is 27.7 Å². The first kappa shape index (κ1) is 14.4. The van der Waals surface area contributed by atoms with E-state index in [-0.39, 0.29) is 0 Å². The van der Waals surface area contributed by atoms with Crippen LogP contribution in [0.5, 0.6) is 0 Å². The summed E-state index contributed by atoms with van der Waals surface area (Å²) in [5.41, 5.74) is 5.40. The van der Waals surface area contributed by atoms with Crippen LogP contribution in [0.25, 0.3) is 0 Å². The fraction of sp³-hybridized carbons (Fsp3) is 1.00. The Kier molecular flexibility index (Phi) is 16.3. The van der Waals surface area contributed by atoms with Crippen LogP contribution in [0.4, 0.5) is 0 Å². The molecule has 0 aromatic carbocycles. The molecule has 2 heteroatoms. The zero-order chi connectivity index (χ0) is 9.82. The van der Waals surface area contributed by atoms with Crippen molar-refractivity contribution in [3.63, 3.8) is 0 Å². The maximum absolute atomic E-state index is 5.40. The van der Waals surface area contributed by atoms with Crippen LogP contribution in [-0.2, 0) is 0 Å². The van der Waals surface area contributed by atoms with Crippen molar-refractivity contribution < 1.29 is 0 Å². The minimum atomic E-state index is 0.820. The molecule has 0 heterocycles. The van der Waals surface area contributed by atoms with E-state index >= 15 is 0 Å². The molecule has 0 rings (SSSR count). The van der Waals surface area contributed by atoms with Crippen LogP contribution in [0.2, 0.25) is 0 Å². The van der Waals surface area contributed by atoms with E-state index in [9.17, 15) is 0 Å². The molecule has 0 bridgehead atoms. The van der Waals surface area contributed by atoms with Gasteiger partial charge in [-0.2, -0.15) is 0 Å². The lowest BCUT2D eigenvalue weighted by Crippen LogP contribution is -2.26. The molecule has 0 aliphatic heterocycles. The average Bonchev–Trinajstić information content (AvgIpc) is 2.15. The van der Waals surface area contributed by atoms with Gasteiger partial charge in [-0.15, -0.1) is 0 Å². The largest absolute Gasteiger partial charge is 0.330 e. The molecule has 0 atom stereocenters. The Morgan fingerprint density at radius 3 is 2.00 bits per heavy atom. The van der Waals surface area contributed by atoms with Crippen LogP contribution in [0.3, 0.4) is 0 Å². The van der Waals surface area contributed by atoms with Gasteiger partial charge in [0.05, 0.1) is 0 Å². The van der Waals surface area contributed by atoms with E-state index in [4.69, 9.17) is 5.73 Å². The Morgan fingerprint density at radius 1 is 1.08 bits per heavy atom. The highest BCUT2D eigenvalue weighted by molar-refractivity contribution is 4.53. The molecule has 0 aliphatic rings. The highest BCUT2D eigenvalue weighted by Crippen LogP contribution is 1.91. The lowest BCUT2D eigenvalue weighted by Gasteiger charge is -2.18. The van der Waals surface area contributed by atoms with Crippen molar-refractivity contribution in [2.45, 2.75) is 40.5 Å². The zero-order valence-electron chi connectivity index (χ0n) is 9.27. The van der Waals surface area contributed by atoms with Crippen LogP contribution >= 0.6 is 0 Å². The molecule has 0 saturated heterocycles. The number of rotatable bonds is 6. The zero-order valence-corrected chi connectivity index (χ0v) is 9.27. The Balaban J connectivity index is 0. The van der Waals surface area contributed by atoms with Crippen LogP contribution in [0.15, 0.2) is 0 Å². The number of hydrogen-bond donors (Lipinski definition) is 1. The van der Waals surface area contributed by atoms with Crippen LogP contribution < -0.4 is 5.73 Å². The summed E-state index contributed by atoms with van der Waals surface area (Å²) < 4.78 is 0. The van der Waals surface area contributed by atoms with Gasteiger partial charge >= 0.3 is 0 Å². The van der Waals surface area contributed by atoms with Crippen molar-refractivity contribution in [1.82, 2.24) is 4.90 Å². The third-order valence-electron chi connectivity index (χ3n) is 1.67. The van der Waals surface area contributed by atoms with Gasteiger partial charge in [-0.05, 0) is 39.0 Å². The second kappa shape index (κ2) is 13.5. The maximum Gasteiger partial charge on any atom is -0.000684 e. The van der Waals surface area contributed by atoms with E-state index < -0.39 is 0 Å². The third kappa shape index (κ3) is 9.92. The van der Waals surface area contributed by atoms with Gasteiger partial charge in [0.2, 0.25) is 0 Å². The summed E-state index contributed by atoms with van der Waals surface area (Å²) in [6.45, 7) is 12.8. The van der Waals surface area contributed by atoms with Gasteiger partial charge in [0.1, 0.15) is 0 Å². The van der Waals surface area contributed by atoms with E-state index in [0.717, 1.165) is 19.5 Å². The number of nitrogens with two attached hydrogens (primary N) is 1. The van der Waals surface area contributed by atoms with E-state index in [2.05, 4.69) is 18.7 Å². The van der Waals surface area contributed by atoms with Crippen molar-refractivity contribution >= 4 is 0 Å². The standard InChI is InChI=1S/C8H20N2.C2H6/c1-3-7-10(4-2)8-5-6-9;1-2/h3-9H2,1-2H3;1-2H3. The van der Waals surface area contributed by atoms with E-state index in [1.165, 1.54) is 19.5 Å². The molecule has 76 valence electrons. The fourth-order valence-electron chi connectivity index (χ4n) is 1.06. The molecule has 0 fully saturated rings. The van der Waals surface area contributed by atoms with E-state index in [0.29, 0.717) is 0 Å². The Labute approximate surface area is 78.1 Å². The summed E-state index contributed by atoms with van der Waals surface area (Å²) in [6.07, 6.45) is 2.38. The minimum absolute atomic E-state index is 0.820. The van der Waals surface area contributed by atoms with E-state index in [1.807, 2.05) is 13.8 Å². The lowest BCUT2D eigenvalue weighted by molar-refractivity contribution is 0.287. The molecule has 2 N–H and O–H groups in total. The molecule has 0 spiro atoms. The number of hydrogen-bond acceptors (Lipinski definition) is 2. The first-order valence-corrected chi connectivity index (χ1v) is 5.27. The molecule has 2 nitrogen and oxygen atoms in total. The molecule has 0 amide bonds. The molecule has 0 aromatic heterocycles. The second-order valence-electron chi connectivity index (χ2n) is 2.58. The van der Waals surface area contributed by atoms with Crippen molar-refractivity contribution in [2.75, 3.05) is 26.2 Å². The fourth-order valence-corrected chi connectivity index (χ4v) is 1.06. The van der Waals surface area contributed by atoms with Gasteiger partial charge in [0, 0.05) is 0 Å². The van der Waals surface area contributed by atoms with Gasteiger partial charge in [0.15, 0.2) is 0 Å². The molecule has 0 saturated carbocycles. The molecular weight excluding hydrogens is 148 g/mol. The predicted molar refractivity (Wildman–Crippen MR) is 57.4 cm³/mol. The summed E-state index contributed by atoms with van der Waals surface area (Å²) in [4.78, 5) is 2.44. The Hall–Kier alpha value is -0.0800. The SMILES string of the molecule is CC.CCCN(CC)CCCN. The smallest absolute Gasteiger partial charge is 0.000684 e. The summed E-state index contributed by atoms with van der Waals surface area (Å²) in [6, 6.07) is 0. The summed E-state index contributed by atoms with van der Waals surface area (Å²) in [5.74, 6) is 0. The first-order chi connectivity index (χ1) is 5.85. The summed E-state index contributed by atoms with van der Waals surface area (Å²) in [7, 11) is 0. The van der Waals surface area contributed by atoms with Crippen LogP contribution in [0, 0.1) is 0 Å². The van der Waals surface area contributed by atoms with Gasteiger partial charge < -0.3 is 10.6 Å². The summed E-state index contributed by atoms with van der Waals surface area (Å²) >= 11 is 0. The molecule has 12 heavy (non-hydrogen) atoms. The molecule has 0 aliphatic carbocycles. The monoisotopic (exact) mass is 174 g/mol. The van der Waals surface area contributed by atoms with Crippen molar-refractivity contribution in [3.8, 4) is 0 Å². The topological polar surface area (TPSA) is 29.3 Å². The molecule has 0 unspecified atom stereocenters. The molecule has 0 radical (unpaired) electrons. The lowest BCUT2D eigenvalue weighted by atomic mass is 10.3. The van der Waals surface area contributed by atoms with Crippen LogP contribution in [-0.4, -0.2) is 31.1 Å². The predicted octanol–water partition coefficient (Wildman–Crippen LogP) is 2.09. The van der Waals surface area contributed by atoms with Crippen molar-refractivity contribution in [3.05, 3.63) is 0 Å². The van der Waals surface area contributed by atoms with Crippen molar-refractivity contribution in [1.29, 1.82) is 0 Å². The average molecular weight is 174 g/mol. The maximum atomic E-state index is 5.40. The van der Waals surface area contributed by atoms with E-state index in [1.54, 1.807) is 0 Å². The Morgan fingerprint density at radius 2 is 1.67 bits per heavy atom. The quantitative estimate of drug-likeness (QED) is 0.668. The van der Waals surface area contributed by atoms with Crippen molar-refractivity contribution in [2.24, 2.45) is 5.73 Å². The normalized spacial score (nSPS) is 9.50. The van der Waals surface area contributed by atoms with Gasteiger partial charge in [0.25, 0.3) is 0 Å². The highest BCUT2D eigenvalue weighted by atomic mass is 15.1. The van der Waals surface area contributed by atoms with Crippen LogP contribution in [0.1, 0.15) is 40.5 Å². The summed E-state index contributed by atoms with van der Waals surface area (Å²) in [5, 5.41) is 0. The molecule has 0 aromatic rings. The number of nitrogens with zero attached hydrogens (tertiary/aromatic N) is 1. The minimum Gasteiger partial charge on any atom is -0.330 e. The third-order valence-corrected chi connectivity index (χ3v) is 1.67.